The molecule has 0 aliphatic rings. The Morgan fingerprint density at radius 1 is 1.16 bits per heavy atom. The van der Waals surface area contributed by atoms with Crippen molar-refractivity contribution < 1.29 is 19.5 Å². The second-order valence-electron chi connectivity index (χ2n) is 7.50. The van der Waals surface area contributed by atoms with Gasteiger partial charge in [0.05, 0.1) is 12.4 Å². The van der Waals surface area contributed by atoms with E-state index < -0.39 is 35.9 Å². The number of carbonyl (C=O) groups excluding carboxylic acids is 2. The first-order valence-electron chi connectivity index (χ1n) is 9.88. The first-order chi connectivity index (χ1) is 14.8. The molecule has 0 saturated carbocycles. The monoisotopic (exact) mass is 426 g/mol. The van der Waals surface area contributed by atoms with Crippen LogP contribution in [0, 0.1) is 6.92 Å². The molecule has 10 nitrogen and oxygen atoms in total. The number of hydrogen-bond donors (Lipinski definition) is 6. The second-order valence-corrected chi connectivity index (χ2v) is 7.50. The van der Waals surface area contributed by atoms with Gasteiger partial charge in [0.2, 0.25) is 11.8 Å². The number of carbonyl (C=O) groups is 3. The third kappa shape index (κ3) is 5.28. The number of nitrogens with one attached hydrogen (secondary N) is 4. The summed E-state index contributed by atoms with van der Waals surface area (Å²) in [5.74, 6) is -2.28. The van der Waals surface area contributed by atoms with Gasteiger partial charge in [-0.05, 0) is 25.5 Å². The fourth-order valence-corrected chi connectivity index (χ4v) is 3.39. The van der Waals surface area contributed by atoms with E-state index in [1.165, 1.54) is 13.3 Å². The fourth-order valence-electron chi connectivity index (χ4n) is 3.39. The highest BCUT2D eigenvalue weighted by Gasteiger charge is 2.28. The number of para-hydroxylation sites is 1. The van der Waals surface area contributed by atoms with Crippen LogP contribution < -0.4 is 16.4 Å². The van der Waals surface area contributed by atoms with Gasteiger partial charge in [0.1, 0.15) is 12.1 Å². The number of aromatic nitrogens is 3. The molecule has 0 radical (unpaired) electrons. The molecule has 0 bridgehead atoms. The summed E-state index contributed by atoms with van der Waals surface area (Å²) in [6.07, 6.45) is 3.46. The summed E-state index contributed by atoms with van der Waals surface area (Å²) in [5, 5.41) is 15.2. The summed E-state index contributed by atoms with van der Waals surface area (Å²) in [6, 6.07) is 4.63. The van der Waals surface area contributed by atoms with Gasteiger partial charge in [0, 0.05) is 41.3 Å². The number of aromatic amines is 2. The molecular weight excluding hydrogens is 400 g/mol. The van der Waals surface area contributed by atoms with Gasteiger partial charge in [-0.15, -0.1) is 0 Å². The molecule has 3 aromatic rings. The molecule has 0 unspecified atom stereocenters. The van der Waals surface area contributed by atoms with Crippen LogP contribution in [0.5, 0.6) is 0 Å². The molecule has 0 fully saturated rings. The number of H-pyrrole nitrogens is 2. The lowest BCUT2D eigenvalue weighted by Gasteiger charge is -2.22. The zero-order chi connectivity index (χ0) is 22.5. The number of carboxylic acid groups (broad SMARTS) is 1. The van der Waals surface area contributed by atoms with Crippen LogP contribution in [-0.4, -0.2) is 56.0 Å². The molecule has 2 amide bonds. The number of imidazole rings is 1. The Labute approximate surface area is 178 Å². The lowest BCUT2D eigenvalue weighted by Crippen LogP contribution is -2.55. The molecule has 10 heteroatoms. The molecule has 7 N–H and O–H groups in total. The van der Waals surface area contributed by atoms with Gasteiger partial charge in [-0.2, -0.15) is 0 Å². The summed E-state index contributed by atoms with van der Waals surface area (Å²) in [5.41, 5.74) is 9.34. The Kier molecular flexibility index (Phi) is 6.71. The summed E-state index contributed by atoms with van der Waals surface area (Å²) in [6.45, 7) is 3.25. The van der Waals surface area contributed by atoms with Gasteiger partial charge >= 0.3 is 5.97 Å². The third-order valence-corrected chi connectivity index (χ3v) is 5.13. The van der Waals surface area contributed by atoms with Crippen LogP contribution in [0.2, 0.25) is 0 Å². The van der Waals surface area contributed by atoms with Crippen LogP contribution >= 0.6 is 0 Å². The van der Waals surface area contributed by atoms with E-state index in [0.29, 0.717) is 5.69 Å². The lowest BCUT2D eigenvalue weighted by atomic mass is 10.0. The number of fused-ring (bicyclic) bond motifs is 1. The van der Waals surface area contributed by atoms with Gasteiger partial charge in [-0.25, -0.2) is 4.98 Å². The van der Waals surface area contributed by atoms with E-state index in [4.69, 9.17) is 10.8 Å². The maximum Gasteiger partial charge on any atom is 0.325 e. The topological polar surface area (TPSA) is 166 Å². The molecule has 2 aromatic heterocycles. The van der Waals surface area contributed by atoms with Crippen molar-refractivity contribution in [2.45, 2.75) is 44.8 Å². The van der Waals surface area contributed by atoms with Gasteiger partial charge in [0.15, 0.2) is 0 Å². The first-order valence-corrected chi connectivity index (χ1v) is 9.88. The average molecular weight is 426 g/mol. The summed E-state index contributed by atoms with van der Waals surface area (Å²) >= 11 is 0. The fraction of sp³-hybridized carbons (Fsp3) is 0.333. The molecule has 31 heavy (non-hydrogen) atoms. The highest BCUT2D eigenvalue weighted by atomic mass is 16.4. The number of aryl methyl sites for hydroxylation is 1. The van der Waals surface area contributed by atoms with E-state index in [-0.39, 0.29) is 12.8 Å². The standard InChI is InChI=1S/C21H26N6O4/c1-11-15(14-5-3-4-6-17(14)25-11)8-18(20(29)26-12(2)21(30)31)27-19(28)16(22)7-13-9-23-10-24-13/h3-6,9-10,12,16,18,25H,7-8,22H2,1-2H3,(H,23,24)(H,26,29)(H,27,28)(H,30,31)/t12-,16-,18-/m0/s1. The Morgan fingerprint density at radius 2 is 1.90 bits per heavy atom. The number of nitrogens with two attached hydrogens (primary N) is 1. The van der Waals surface area contributed by atoms with Crippen molar-refractivity contribution in [2.24, 2.45) is 5.73 Å². The van der Waals surface area contributed by atoms with Crippen molar-refractivity contribution >= 4 is 28.7 Å². The molecule has 3 atom stereocenters. The lowest BCUT2D eigenvalue weighted by molar-refractivity contribution is -0.141. The SMILES string of the molecule is Cc1[nH]c2ccccc2c1C[C@H](NC(=O)[C@@H](N)Cc1cnc[nH]1)C(=O)N[C@@H](C)C(=O)O. The van der Waals surface area contributed by atoms with E-state index >= 15 is 0 Å². The predicted octanol–water partition coefficient (Wildman–Crippen LogP) is 0.386. The van der Waals surface area contributed by atoms with E-state index in [0.717, 1.165) is 22.2 Å². The number of aliphatic carboxylic acids is 1. The minimum absolute atomic E-state index is 0.177. The first kappa shape index (κ1) is 22.0. The molecule has 0 aliphatic heterocycles. The third-order valence-electron chi connectivity index (χ3n) is 5.13. The number of rotatable bonds is 9. The van der Waals surface area contributed by atoms with Crippen LogP contribution in [0.4, 0.5) is 0 Å². The van der Waals surface area contributed by atoms with Gasteiger partial charge in [0.25, 0.3) is 0 Å². The van der Waals surface area contributed by atoms with Crippen molar-refractivity contribution in [3.63, 3.8) is 0 Å². The van der Waals surface area contributed by atoms with Crippen LogP contribution in [0.15, 0.2) is 36.8 Å². The average Bonchev–Trinajstić information content (AvgIpc) is 3.34. The Hall–Kier alpha value is -3.66. The Bertz CT molecular complexity index is 1070. The summed E-state index contributed by atoms with van der Waals surface area (Å²) < 4.78 is 0. The van der Waals surface area contributed by atoms with Gasteiger partial charge in [-0.1, -0.05) is 18.2 Å². The van der Waals surface area contributed by atoms with Crippen molar-refractivity contribution in [2.75, 3.05) is 0 Å². The smallest absolute Gasteiger partial charge is 0.325 e. The number of nitrogens with zero attached hydrogens (tertiary/aromatic N) is 1. The Balaban J connectivity index is 1.81. The highest BCUT2D eigenvalue weighted by molar-refractivity contribution is 5.93. The zero-order valence-corrected chi connectivity index (χ0v) is 17.3. The largest absolute Gasteiger partial charge is 0.480 e. The van der Waals surface area contributed by atoms with Crippen molar-refractivity contribution in [1.82, 2.24) is 25.6 Å². The molecule has 164 valence electrons. The van der Waals surface area contributed by atoms with Gasteiger partial charge < -0.3 is 31.4 Å². The molecular formula is C21H26N6O4. The molecule has 0 aliphatic carbocycles. The van der Waals surface area contributed by atoms with Crippen molar-refractivity contribution in [1.29, 1.82) is 0 Å². The maximum absolute atomic E-state index is 12.9. The van der Waals surface area contributed by atoms with E-state index in [2.05, 4.69) is 25.6 Å². The quantitative estimate of drug-likeness (QED) is 0.289. The van der Waals surface area contributed by atoms with Crippen molar-refractivity contribution in [3.05, 3.63) is 53.7 Å². The number of benzene rings is 1. The molecule has 0 spiro atoms. The second kappa shape index (κ2) is 9.43. The van der Waals surface area contributed by atoms with Crippen LogP contribution in [0.25, 0.3) is 10.9 Å². The molecule has 2 heterocycles. The molecule has 1 aromatic carbocycles. The van der Waals surface area contributed by atoms with E-state index in [1.807, 2.05) is 31.2 Å². The molecule has 0 saturated heterocycles. The number of carboxylic acids is 1. The van der Waals surface area contributed by atoms with Gasteiger partial charge in [-0.3, -0.25) is 14.4 Å². The van der Waals surface area contributed by atoms with Crippen LogP contribution in [0.1, 0.15) is 23.9 Å². The summed E-state index contributed by atoms with van der Waals surface area (Å²) in [4.78, 5) is 46.8. The van der Waals surface area contributed by atoms with Crippen LogP contribution in [-0.2, 0) is 27.2 Å². The highest BCUT2D eigenvalue weighted by Crippen LogP contribution is 2.23. The zero-order valence-electron chi connectivity index (χ0n) is 17.3. The number of amides is 2. The van der Waals surface area contributed by atoms with E-state index in [1.54, 1.807) is 6.20 Å². The minimum atomic E-state index is -1.17. The maximum atomic E-state index is 12.9. The van der Waals surface area contributed by atoms with Crippen LogP contribution in [0.3, 0.4) is 0 Å². The minimum Gasteiger partial charge on any atom is -0.480 e. The van der Waals surface area contributed by atoms with Crippen molar-refractivity contribution in [3.8, 4) is 0 Å². The normalized spacial score (nSPS) is 14.0. The number of hydrogen-bond acceptors (Lipinski definition) is 5. The molecule has 3 rings (SSSR count). The Morgan fingerprint density at radius 3 is 2.58 bits per heavy atom. The van der Waals surface area contributed by atoms with E-state index in [9.17, 15) is 14.4 Å². The summed E-state index contributed by atoms with van der Waals surface area (Å²) in [7, 11) is 0. The predicted molar refractivity (Wildman–Crippen MR) is 114 cm³/mol.